The van der Waals surface area contributed by atoms with Crippen molar-refractivity contribution in [2.45, 2.75) is 12.7 Å². The number of rotatable bonds is 7. The van der Waals surface area contributed by atoms with Crippen molar-refractivity contribution in [3.05, 3.63) is 78.3 Å². The standard InChI is InChI=1S/C27H26F3N7O3/c1-36-7-9-37(10-8-36)16-18-11-19(27(28,29)30)13-21(12-18)34-26(38)33-20-3-2-4-22(14-20)40-23-5-6-31-24(15-23)25-35-32-17-39-25/h2-6,11-15,17H,7-10,16H2,1H3,(H2,33,34,38). The zero-order valence-electron chi connectivity index (χ0n) is 21.5. The molecule has 1 aliphatic heterocycles. The molecule has 2 aromatic carbocycles. The number of piperazine rings is 1. The van der Waals surface area contributed by atoms with Crippen LogP contribution in [-0.2, 0) is 12.7 Å². The number of anilines is 2. The number of nitrogens with zero attached hydrogens (tertiary/aromatic N) is 5. The smallest absolute Gasteiger partial charge is 0.416 e. The van der Waals surface area contributed by atoms with Crippen molar-refractivity contribution in [2.24, 2.45) is 0 Å². The monoisotopic (exact) mass is 553 g/mol. The van der Waals surface area contributed by atoms with Crippen LogP contribution < -0.4 is 15.4 Å². The summed E-state index contributed by atoms with van der Waals surface area (Å²) in [6.45, 7) is 3.56. The van der Waals surface area contributed by atoms with Gasteiger partial charge in [0.25, 0.3) is 5.89 Å². The van der Waals surface area contributed by atoms with Gasteiger partial charge in [0.15, 0.2) is 0 Å². The van der Waals surface area contributed by atoms with E-state index in [9.17, 15) is 18.0 Å². The molecule has 0 atom stereocenters. The Morgan fingerprint density at radius 1 is 1.00 bits per heavy atom. The van der Waals surface area contributed by atoms with Gasteiger partial charge in [-0.1, -0.05) is 6.07 Å². The van der Waals surface area contributed by atoms with Gasteiger partial charge in [-0.2, -0.15) is 13.2 Å². The Morgan fingerprint density at radius 2 is 1.77 bits per heavy atom. The van der Waals surface area contributed by atoms with Gasteiger partial charge in [0.1, 0.15) is 17.2 Å². The fraction of sp³-hybridized carbons (Fsp3) is 0.259. The Kier molecular flexibility index (Phi) is 7.94. The second-order valence-corrected chi connectivity index (χ2v) is 9.33. The summed E-state index contributed by atoms with van der Waals surface area (Å²) in [5.41, 5.74) is 0.515. The summed E-state index contributed by atoms with van der Waals surface area (Å²) >= 11 is 0. The number of hydrogen-bond acceptors (Lipinski definition) is 8. The molecule has 1 fully saturated rings. The second-order valence-electron chi connectivity index (χ2n) is 9.33. The number of alkyl halides is 3. The van der Waals surface area contributed by atoms with Crippen LogP contribution in [0.4, 0.5) is 29.3 Å². The van der Waals surface area contributed by atoms with E-state index in [0.717, 1.165) is 38.3 Å². The van der Waals surface area contributed by atoms with Crippen molar-refractivity contribution in [2.75, 3.05) is 43.9 Å². The summed E-state index contributed by atoms with van der Waals surface area (Å²) in [5.74, 6) is 1.09. The summed E-state index contributed by atoms with van der Waals surface area (Å²) in [5, 5.41) is 12.6. The summed E-state index contributed by atoms with van der Waals surface area (Å²) in [6, 6.07) is 12.8. The first-order valence-electron chi connectivity index (χ1n) is 12.4. The minimum absolute atomic E-state index is 0.0502. The summed E-state index contributed by atoms with van der Waals surface area (Å²) in [6.07, 6.45) is -1.83. The van der Waals surface area contributed by atoms with E-state index in [-0.39, 0.29) is 11.6 Å². The third-order valence-electron chi connectivity index (χ3n) is 6.22. The second kappa shape index (κ2) is 11.7. The summed E-state index contributed by atoms with van der Waals surface area (Å²) in [7, 11) is 2.01. The molecule has 4 aromatic rings. The molecule has 2 aromatic heterocycles. The minimum atomic E-state index is -4.55. The Labute approximate surface area is 227 Å². The lowest BCUT2D eigenvalue weighted by atomic mass is 10.1. The molecule has 0 bridgehead atoms. The van der Waals surface area contributed by atoms with E-state index in [1.54, 1.807) is 42.5 Å². The predicted octanol–water partition coefficient (Wildman–Crippen LogP) is 5.33. The van der Waals surface area contributed by atoms with E-state index in [0.29, 0.717) is 35.0 Å². The van der Waals surface area contributed by atoms with Gasteiger partial charge in [-0.15, -0.1) is 10.2 Å². The average molecular weight is 554 g/mol. The molecule has 208 valence electrons. The Bertz CT molecular complexity index is 1460. The topological polar surface area (TPSA) is 109 Å². The van der Waals surface area contributed by atoms with Gasteiger partial charge in [0.2, 0.25) is 6.39 Å². The first kappa shape index (κ1) is 27.1. The number of pyridine rings is 1. The van der Waals surface area contributed by atoms with Crippen molar-refractivity contribution in [1.82, 2.24) is 25.0 Å². The van der Waals surface area contributed by atoms with Gasteiger partial charge in [-0.3, -0.25) is 9.88 Å². The number of likely N-dealkylation sites (N-methyl/N-ethyl adjacent to an activating group) is 1. The lowest BCUT2D eigenvalue weighted by Crippen LogP contribution is -2.43. The Morgan fingerprint density at radius 3 is 2.52 bits per heavy atom. The molecule has 0 spiro atoms. The molecule has 0 aliphatic carbocycles. The van der Waals surface area contributed by atoms with Crippen LogP contribution in [-0.4, -0.2) is 64.2 Å². The van der Waals surface area contributed by atoms with E-state index < -0.39 is 17.8 Å². The first-order chi connectivity index (χ1) is 19.2. The fourth-order valence-corrected chi connectivity index (χ4v) is 4.23. The number of nitrogens with one attached hydrogen (secondary N) is 2. The molecule has 40 heavy (non-hydrogen) atoms. The van der Waals surface area contributed by atoms with Gasteiger partial charge in [-0.25, -0.2) is 4.79 Å². The van der Waals surface area contributed by atoms with Crippen LogP contribution in [0, 0.1) is 0 Å². The molecule has 1 saturated heterocycles. The van der Waals surface area contributed by atoms with E-state index in [1.165, 1.54) is 12.6 Å². The van der Waals surface area contributed by atoms with Crippen LogP contribution in [0.5, 0.6) is 11.5 Å². The molecule has 2 amide bonds. The number of amides is 2. The number of urea groups is 1. The molecular formula is C27H26F3N7O3. The number of benzene rings is 2. The molecule has 3 heterocycles. The highest BCUT2D eigenvalue weighted by Crippen LogP contribution is 2.33. The quantitative estimate of drug-likeness (QED) is 0.316. The number of aromatic nitrogens is 3. The van der Waals surface area contributed by atoms with Crippen molar-refractivity contribution < 1.29 is 27.1 Å². The third-order valence-corrected chi connectivity index (χ3v) is 6.22. The molecule has 0 saturated carbocycles. The maximum absolute atomic E-state index is 13.6. The predicted molar refractivity (Wildman–Crippen MR) is 141 cm³/mol. The zero-order chi connectivity index (χ0) is 28.1. The molecule has 0 radical (unpaired) electrons. The highest BCUT2D eigenvalue weighted by Gasteiger charge is 2.31. The maximum atomic E-state index is 13.6. The van der Waals surface area contributed by atoms with Gasteiger partial charge >= 0.3 is 12.2 Å². The van der Waals surface area contributed by atoms with E-state index in [1.807, 2.05) is 7.05 Å². The van der Waals surface area contributed by atoms with Gasteiger partial charge in [-0.05, 0) is 49.0 Å². The highest BCUT2D eigenvalue weighted by molar-refractivity contribution is 6.00. The zero-order valence-corrected chi connectivity index (χ0v) is 21.5. The molecule has 1 aliphatic rings. The lowest BCUT2D eigenvalue weighted by molar-refractivity contribution is -0.137. The Balaban J connectivity index is 1.26. The first-order valence-corrected chi connectivity index (χ1v) is 12.4. The van der Waals surface area contributed by atoms with Crippen molar-refractivity contribution >= 4 is 17.4 Å². The van der Waals surface area contributed by atoms with Crippen LogP contribution in [0.15, 0.2) is 71.6 Å². The molecule has 10 nitrogen and oxygen atoms in total. The molecular weight excluding hydrogens is 527 g/mol. The molecule has 5 rings (SSSR count). The number of hydrogen-bond donors (Lipinski definition) is 2. The van der Waals surface area contributed by atoms with Gasteiger partial charge in [0, 0.05) is 62.4 Å². The molecule has 13 heteroatoms. The third kappa shape index (κ3) is 7.12. The normalized spacial score (nSPS) is 14.6. The van der Waals surface area contributed by atoms with Crippen LogP contribution >= 0.6 is 0 Å². The summed E-state index contributed by atoms with van der Waals surface area (Å²) < 4.78 is 51.9. The number of carbonyl (C=O) groups excluding carboxylic acids is 1. The van der Waals surface area contributed by atoms with Crippen molar-refractivity contribution in [3.63, 3.8) is 0 Å². The van der Waals surface area contributed by atoms with Crippen molar-refractivity contribution in [1.29, 1.82) is 0 Å². The van der Waals surface area contributed by atoms with Crippen molar-refractivity contribution in [3.8, 4) is 23.1 Å². The van der Waals surface area contributed by atoms with E-state index in [2.05, 4.69) is 35.6 Å². The van der Waals surface area contributed by atoms with Crippen LogP contribution in [0.2, 0.25) is 0 Å². The number of ether oxygens (including phenoxy) is 1. The fourth-order valence-electron chi connectivity index (χ4n) is 4.23. The van der Waals surface area contributed by atoms with E-state index in [4.69, 9.17) is 9.15 Å². The molecule has 0 unspecified atom stereocenters. The van der Waals surface area contributed by atoms with Gasteiger partial charge < -0.3 is 24.7 Å². The maximum Gasteiger partial charge on any atom is 0.416 e. The largest absolute Gasteiger partial charge is 0.457 e. The molecule has 2 N–H and O–H groups in total. The van der Waals surface area contributed by atoms with Crippen LogP contribution in [0.1, 0.15) is 11.1 Å². The Hall–Kier alpha value is -4.49. The van der Waals surface area contributed by atoms with Gasteiger partial charge in [0.05, 0.1) is 5.56 Å². The average Bonchev–Trinajstić information content (AvgIpc) is 3.45. The minimum Gasteiger partial charge on any atom is -0.457 e. The highest BCUT2D eigenvalue weighted by atomic mass is 19.4. The summed E-state index contributed by atoms with van der Waals surface area (Å²) in [4.78, 5) is 21.2. The van der Waals surface area contributed by atoms with E-state index >= 15 is 0 Å². The SMILES string of the molecule is CN1CCN(Cc2cc(NC(=O)Nc3cccc(Oc4ccnc(-c5nnco5)c4)c3)cc(C(F)(F)F)c2)CC1. The van der Waals surface area contributed by atoms with Crippen LogP contribution in [0.25, 0.3) is 11.6 Å². The lowest BCUT2D eigenvalue weighted by Gasteiger charge is -2.32. The number of halogens is 3. The number of carbonyl (C=O) groups is 1. The van der Waals surface area contributed by atoms with Crippen LogP contribution in [0.3, 0.4) is 0 Å².